The number of amides is 1. The van der Waals surface area contributed by atoms with Crippen LogP contribution < -0.4 is 14.8 Å². The van der Waals surface area contributed by atoms with Gasteiger partial charge in [-0.1, -0.05) is 12.1 Å². The summed E-state index contributed by atoms with van der Waals surface area (Å²) in [6.07, 6.45) is -3.57. The number of anilines is 1. The maximum absolute atomic E-state index is 13.1. The van der Waals surface area contributed by atoms with E-state index in [1.807, 2.05) is 4.72 Å². The number of aromatic nitrogens is 1. The Morgan fingerprint density at radius 1 is 1.17 bits per heavy atom. The average Bonchev–Trinajstić information content (AvgIpc) is 2.68. The summed E-state index contributed by atoms with van der Waals surface area (Å²) in [6.45, 7) is 1.86. The van der Waals surface area contributed by atoms with Crippen LogP contribution in [0.1, 0.15) is 12.5 Å². The smallest absolute Gasteiger partial charge is 0.417 e. The second kappa shape index (κ2) is 9.87. The number of alkyl halides is 3. The second-order valence-corrected chi connectivity index (χ2v) is 7.73. The molecule has 1 heterocycles. The number of benzene rings is 1. The van der Waals surface area contributed by atoms with E-state index in [0.29, 0.717) is 18.6 Å². The number of hydrogen-bond acceptors (Lipinski definition) is 6. The Balaban J connectivity index is 2.05. The summed E-state index contributed by atoms with van der Waals surface area (Å²) in [5.74, 6) is -0.486. The lowest BCUT2D eigenvalue weighted by Crippen LogP contribution is -2.42. The molecule has 2 rings (SSSR count). The summed E-state index contributed by atoms with van der Waals surface area (Å²) < 4.78 is 76.2. The molecule has 0 unspecified atom stereocenters. The van der Waals surface area contributed by atoms with E-state index >= 15 is 0 Å². The van der Waals surface area contributed by atoms with E-state index in [1.54, 1.807) is 0 Å². The molecule has 0 radical (unpaired) electrons. The highest BCUT2D eigenvalue weighted by Crippen LogP contribution is 2.33. The van der Waals surface area contributed by atoms with E-state index in [4.69, 9.17) is 9.47 Å². The van der Waals surface area contributed by atoms with Crippen LogP contribution in [0.5, 0.6) is 5.88 Å². The zero-order valence-corrected chi connectivity index (χ0v) is 16.9. The first-order valence-electron chi connectivity index (χ1n) is 8.62. The number of rotatable bonds is 9. The third kappa shape index (κ3) is 6.40. The van der Waals surface area contributed by atoms with Crippen molar-refractivity contribution in [3.05, 3.63) is 48.2 Å². The molecule has 12 heteroatoms. The molecule has 0 spiro atoms. The predicted molar refractivity (Wildman–Crippen MR) is 101 cm³/mol. The van der Waals surface area contributed by atoms with Gasteiger partial charge in [-0.2, -0.15) is 17.9 Å². The van der Waals surface area contributed by atoms with Crippen LogP contribution in [0.2, 0.25) is 0 Å². The molecule has 164 valence electrons. The van der Waals surface area contributed by atoms with E-state index in [-0.39, 0.29) is 12.3 Å². The number of nitrogens with one attached hydrogen (secondary N) is 2. The fourth-order valence-corrected chi connectivity index (χ4v) is 3.74. The Morgan fingerprint density at radius 3 is 2.47 bits per heavy atom. The summed E-state index contributed by atoms with van der Waals surface area (Å²) in [7, 11) is -3.09. The number of carbonyl (C=O) groups is 1. The highest BCUT2D eigenvalue weighted by Gasteiger charge is 2.37. The third-order valence-corrected chi connectivity index (χ3v) is 5.35. The maximum atomic E-state index is 13.1. The summed E-state index contributed by atoms with van der Waals surface area (Å²) in [5.41, 5.74) is -1.07. The second-order valence-electron chi connectivity index (χ2n) is 6.05. The quantitative estimate of drug-likeness (QED) is 0.572. The van der Waals surface area contributed by atoms with Crippen molar-refractivity contribution in [3.8, 4) is 5.88 Å². The van der Waals surface area contributed by atoms with E-state index in [0.717, 1.165) is 18.2 Å². The van der Waals surface area contributed by atoms with Gasteiger partial charge in [0.2, 0.25) is 21.8 Å². The van der Waals surface area contributed by atoms with Crippen LogP contribution in [0, 0.1) is 0 Å². The average molecular weight is 447 g/mol. The van der Waals surface area contributed by atoms with Crippen LogP contribution in [0.25, 0.3) is 0 Å². The minimum atomic E-state index is -4.87. The standard InChI is InChI=1S/C18H20F3N3O5S/c1-12(17(25)23-13-7-8-16(22-11-13)29-10-9-28-2)24-30(26,27)15-6-4-3-5-14(15)18(19,20)21/h3-8,11-12,24H,9-10H2,1-2H3,(H,23,25)/t12-/m0/s1. The van der Waals surface area contributed by atoms with Gasteiger partial charge in [0.05, 0.1) is 35.0 Å². The molecule has 30 heavy (non-hydrogen) atoms. The fraction of sp³-hybridized carbons (Fsp3) is 0.333. The summed E-state index contributed by atoms with van der Waals surface area (Å²) in [4.78, 5) is 15.3. The minimum absolute atomic E-state index is 0.251. The van der Waals surface area contributed by atoms with Crippen LogP contribution in [-0.4, -0.2) is 45.7 Å². The largest absolute Gasteiger partial charge is 0.475 e. The molecule has 8 nitrogen and oxygen atoms in total. The van der Waals surface area contributed by atoms with Gasteiger partial charge in [0.25, 0.3) is 0 Å². The molecule has 0 aliphatic heterocycles. The van der Waals surface area contributed by atoms with E-state index in [1.165, 1.54) is 32.4 Å². The van der Waals surface area contributed by atoms with Crippen molar-refractivity contribution < 1.29 is 35.9 Å². The molecule has 1 aromatic carbocycles. The van der Waals surface area contributed by atoms with Crippen molar-refractivity contribution in [2.75, 3.05) is 25.6 Å². The number of methoxy groups -OCH3 is 1. The van der Waals surface area contributed by atoms with Gasteiger partial charge in [0.1, 0.15) is 6.61 Å². The van der Waals surface area contributed by atoms with E-state index < -0.39 is 38.6 Å². The molecule has 0 fully saturated rings. The lowest BCUT2D eigenvalue weighted by molar-refractivity contribution is -0.139. The third-order valence-electron chi connectivity index (χ3n) is 3.75. The number of carbonyl (C=O) groups excluding carboxylic acids is 1. The number of pyridine rings is 1. The summed E-state index contributed by atoms with van der Waals surface area (Å²) in [6, 6.07) is 5.33. The molecule has 0 saturated carbocycles. The Morgan fingerprint density at radius 2 is 1.87 bits per heavy atom. The number of ether oxygens (including phenoxy) is 2. The topological polar surface area (TPSA) is 107 Å². The van der Waals surface area contributed by atoms with Crippen molar-refractivity contribution in [1.82, 2.24) is 9.71 Å². The highest BCUT2D eigenvalue weighted by atomic mass is 32.2. The summed E-state index contributed by atoms with van der Waals surface area (Å²) in [5, 5.41) is 2.42. The maximum Gasteiger partial charge on any atom is 0.417 e. The van der Waals surface area contributed by atoms with Crippen molar-refractivity contribution in [1.29, 1.82) is 0 Å². The van der Waals surface area contributed by atoms with Gasteiger partial charge >= 0.3 is 6.18 Å². The molecule has 2 aromatic rings. The van der Waals surface area contributed by atoms with Gasteiger partial charge in [0, 0.05) is 13.2 Å². The molecule has 1 aromatic heterocycles. The van der Waals surface area contributed by atoms with Crippen LogP contribution in [0.15, 0.2) is 47.5 Å². The van der Waals surface area contributed by atoms with Crippen molar-refractivity contribution in [2.45, 2.75) is 24.0 Å². The molecular formula is C18H20F3N3O5S. The minimum Gasteiger partial charge on any atom is -0.475 e. The van der Waals surface area contributed by atoms with Gasteiger partial charge in [-0.15, -0.1) is 0 Å². The van der Waals surface area contributed by atoms with Crippen LogP contribution >= 0.6 is 0 Å². The Kier molecular flexibility index (Phi) is 7.76. The molecule has 0 aliphatic carbocycles. The Labute approximate surface area is 171 Å². The van der Waals surface area contributed by atoms with Gasteiger partial charge in [-0.05, 0) is 25.1 Å². The first-order valence-corrected chi connectivity index (χ1v) is 10.1. The van der Waals surface area contributed by atoms with Crippen molar-refractivity contribution >= 4 is 21.6 Å². The van der Waals surface area contributed by atoms with Gasteiger partial charge in [-0.3, -0.25) is 4.79 Å². The Hall–Kier alpha value is -2.70. The van der Waals surface area contributed by atoms with Gasteiger partial charge < -0.3 is 14.8 Å². The van der Waals surface area contributed by atoms with Crippen LogP contribution in [0.3, 0.4) is 0 Å². The predicted octanol–water partition coefficient (Wildman–Crippen LogP) is 2.43. The molecule has 1 atom stereocenters. The van der Waals surface area contributed by atoms with Gasteiger partial charge in [-0.25, -0.2) is 13.4 Å². The molecule has 0 saturated heterocycles. The van der Waals surface area contributed by atoms with Gasteiger partial charge in [0.15, 0.2) is 0 Å². The lowest BCUT2D eigenvalue weighted by Gasteiger charge is -2.17. The van der Waals surface area contributed by atoms with Crippen molar-refractivity contribution in [3.63, 3.8) is 0 Å². The first-order chi connectivity index (χ1) is 14.0. The summed E-state index contributed by atoms with van der Waals surface area (Å²) >= 11 is 0. The molecule has 0 bridgehead atoms. The molecular weight excluding hydrogens is 427 g/mol. The van der Waals surface area contributed by atoms with Crippen LogP contribution in [0.4, 0.5) is 18.9 Å². The number of halogens is 3. The van der Waals surface area contributed by atoms with E-state index in [2.05, 4.69) is 10.3 Å². The zero-order chi connectivity index (χ0) is 22.4. The number of hydrogen-bond donors (Lipinski definition) is 2. The molecule has 1 amide bonds. The first kappa shape index (κ1) is 23.6. The normalized spacial score (nSPS) is 13.0. The highest BCUT2D eigenvalue weighted by molar-refractivity contribution is 7.89. The number of nitrogens with zero attached hydrogens (tertiary/aromatic N) is 1. The van der Waals surface area contributed by atoms with Crippen molar-refractivity contribution in [2.24, 2.45) is 0 Å². The molecule has 0 aliphatic rings. The van der Waals surface area contributed by atoms with E-state index in [9.17, 15) is 26.4 Å². The zero-order valence-electron chi connectivity index (χ0n) is 16.1. The Bertz CT molecular complexity index is 966. The fourth-order valence-electron chi connectivity index (χ4n) is 2.30. The molecule has 2 N–H and O–H groups in total. The monoisotopic (exact) mass is 447 g/mol. The lowest BCUT2D eigenvalue weighted by atomic mass is 10.2. The SMILES string of the molecule is COCCOc1ccc(NC(=O)[C@H](C)NS(=O)(=O)c2ccccc2C(F)(F)F)cn1. The van der Waals surface area contributed by atoms with Crippen LogP contribution in [-0.2, 0) is 25.7 Å². The number of sulfonamides is 1.